The van der Waals surface area contributed by atoms with Crippen LogP contribution in [0.5, 0.6) is 0 Å². The summed E-state index contributed by atoms with van der Waals surface area (Å²) in [4.78, 5) is 5.54. The van der Waals surface area contributed by atoms with Gasteiger partial charge in [0.1, 0.15) is 0 Å². The number of anilines is 1. The Labute approximate surface area is 92.9 Å². The summed E-state index contributed by atoms with van der Waals surface area (Å²) >= 11 is 3.55. The van der Waals surface area contributed by atoms with Crippen LogP contribution in [-0.2, 0) is 5.75 Å². The molecule has 0 bridgehead atoms. The Bertz CT molecular complexity index is 253. The molecule has 2 N–H and O–H groups in total. The van der Waals surface area contributed by atoms with Crippen molar-refractivity contribution in [1.82, 2.24) is 4.98 Å². The van der Waals surface area contributed by atoms with E-state index in [1.54, 1.807) is 11.3 Å². The third-order valence-corrected chi connectivity index (χ3v) is 3.80. The van der Waals surface area contributed by atoms with Crippen LogP contribution in [0.3, 0.4) is 0 Å². The molecule has 1 aromatic rings. The summed E-state index contributed by atoms with van der Waals surface area (Å²) in [7, 11) is 0. The van der Waals surface area contributed by atoms with Crippen molar-refractivity contribution >= 4 is 28.2 Å². The number of rotatable bonds is 7. The average molecular weight is 232 g/mol. The molecule has 0 aliphatic heterocycles. The van der Waals surface area contributed by atoms with Gasteiger partial charge in [-0.15, -0.1) is 11.3 Å². The average Bonchev–Trinajstić information content (AvgIpc) is 2.61. The molecule has 1 rings (SSSR count). The van der Waals surface area contributed by atoms with E-state index in [0.29, 0.717) is 6.61 Å². The molecule has 0 aliphatic rings. The molecule has 0 saturated carbocycles. The fraction of sp³-hybridized carbons (Fsp3) is 0.667. The largest absolute Gasteiger partial charge is 0.396 e. The van der Waals surface area contributed by atoms with Gasteiger partial charge < -0.3 is 10.4 Å². The highest BCUT2D eigenvalue weighted by Gasteiger charge is 2.00. The SMILES string of the molecule is CCNc1ncc(CSCCCO)s1. The van der Waals surface area contributed by atoms with Gasteiger partial charge in [-0.1, -0.05) is 0 Å². The second-order valence-electron chi connectivity index (χ2n) is 2.79. The van der Waals surface area contributed by atoms with Crippen molar-refractivity contribution < 1.29 is 5.11 Å². The minimum Gasteiger partial charge on any atom is -0.396 e. The van der Waals surface area contributed by atoms with E-state index in [1.807, 2.05) is 18.0 Å². The fourth-order valence-electron chi connectivity index (χ4n) is 0.947. The van der Waals surface area contributed by atoms with Gasteiger partial charge in [0.25, 0.3) is 0 Å². The number of thioether (sulfide) groups is 1. The molecular formula is C9H16N2OS2. The second kappa shape index (κ2) is 7.09. The van der Waals surface area contributed by atoms with Crippen LogP contribution in [0, 0.1) is 0 Å². The lowest BCUT2D eigenvalue weighted by atomic mass is 10.5. The number of hydrogen-bond donors (Lipinski definition) is 2. The molecule has 3 nitrogen and oxygen atoms in total. The summed E-state index contributed by atoms with van der Waals surface area (Å²) in [6.45, 7) is 3.28. The lowest BCUT2D eigenvalue weighted by Gasteiger charge is -1.96. The Hall–Kier alpha value is -0.260. The van der Waals surface area contributed by atoms with Crippen molar-refractivity contribution in [3.63, 3.8) is 0 Å². The van der Waals surface area contributed by atoms with Crippen molar-refractivity contribution in [3.8, 4) is 0 Å². The predicted octanol–water partition coefficient (Wildman–Crippen LogP) is 2.19. The number of hydrogen-bond acceptors (Lipinski definition) is 5. The van der Waals surface area contributed by atoms with E-state index >= 15 is 0 Å². The lowest BCUT2D eigenvalue weighted by Crippen LogP contribution is -1.94. The maximum atomic E-state index is 8.60. The van der Waals surface area contributed by atoms with E-state index < -0.39 is 0 Å². The van der Waals surface area contributed by atoms with Crippen LogP contribution in [0.4, 0.5) is 5.13 Å². The standard InChI is InChI=1S/C9H16N2OS2/c1-2-10-9-11-6-8(14-9)7-13-5-3-4-12/h6,12H,2-5,7H2,1H3,(H,10,11). The number of nitrogens with zero attached hydrogens (tertiary/aromatic N) is 1. The van der Waals surface area contributed by atoms with Crippen LogP contribution in [-0.4, -0.2) is 29.0 Å². The van der Waals surface area contributed by atoms with E-state index in [2.05, 4.69) is 17.2 Å². The second-order valence-corrected chi connectivity index (χ2v) is 5.01. The highest BCUT2D eigenvalue weighted by Crippen LogP contribution is 2.22. The van der Waals surface area contributed by atoms with E-state index in [-0.39, 0.29) is 0 Å². The predicted molar refractivity (Wildman–Crippen MR) is 64.1 cm³/mol. The van der Waals surface area contributed by atoms with Crippen LogP contribution in [0.25, 0.3) is 0 Å². The lowest BCUT2D eigenvalue weighted by molar-refractivity contribution is 0.296. The van der Waals surface area contributed by atoms with Crippen LogP contribution in [0.15, 0.2) is 6.20 Å². The van der Waals surface area contributed by atoms with Crippen molar-refractivity contribution in [3.05, 3.63) is 11.1 Å². The molecule has 0 aliphatic carbocycles. The summed E-state index contributed by atoms with van der Waals surface area (Å²) in [5.41, 5.74) is 0. The topological polar surface area (TPSA) is 45.2 Å². The van der Waals surface area contributed by atoms with Gasteiger partial charge in [0.05, 0.1) is 0 Å². The quantitative estimate of drug-likeness (QED) is 0.707. The minimum atomic E-state index is 0.290. The first-order valence-corrected chi connectivity index (χ1v) is 6.71. The molecule has 0 saturated heterocycles. The van der Waals surface area contributed by atoms with Gasteiger partial charge in [0.15, 0.2) is 5.13 Å². The van der Waals surface area contributed by atoms with Gasteiger partial charge in [0, 0.05) is 30.0 Å². The number of aliphatic hydroxyl groups is 1. The molecule has 0 radical (unpaired) electrons. The molecular weight excluding hydrogens is 216 g/mol. The zero-order valence-electron chi connectivity index (χ0n) is 8.32. The normalized spacial score (nSPS) is 10.4. The Morgan fingerprint density at radius 2 is 2.50 bits per heavy atom. The Kier molecular flexibility index (Phi) is 5.98. The first-order chi connectivity index (χ1) is 6.86. The van der Waals surface area contributed by atoms with E-state index in [1.165, 1.54) is 4.88 Å². The van der Waals surface area contributed by atoms with Gasteiger partial charge in [-0.3, -0.25) is 0 Å². The molecule has 0 fully saturated rings. The summed E-state index contributed by atoms with van der Waals surface area (Å²) < 4.78 is 0. The molecule has 1 aromatic heterocycles. The van der Waals surface area contributed by atoms with E-state index in [4.69, 9.17) is 5.11 Å². The Morgan fingerprint density at radius 3 is 3.21 bits per heavy atom. The number of aromatic nitrogens is 1. The third-order valence-electron chi connectivity index (χ3n) is 1.57. The molecule has 0 amide bonds. The summed E-state index contributed by atoms with van der Waals surface area (Å²) in [5, 5.41) is 12.8. The zero-order valence-corrected chi connectivity index (χ0v) is 9.96. The minimum absolute atomic E-state index is 0.290. The van der Waals surface area contributed by atoms with Crippen LogP contribution >= 0.6 is 23.1 Å². The monoisotopic (exact) mass is 232 g/mol. The van der Waals surface area contributed by atoms with Gasteiger partial charge >= 0.3 is 0 Å². The summed E-state index contributed by atoms with van der Waals surface area (Å²) in [6.07, 6.45) is 2.80. The van der Waals surface area contributed by atoms with Crippen LogP contribution < -0.4 is 5.32 Å². The molecule has 14 heavy (non-hydrogen) atoms. The van der Waals surface area contributed by atoms with Crippen molar-refractivity contribution in [2.75, 3.05) is 24.2 Å². The van der Waals surface area contributed by atoms with Gasteiger partial charge in [-0.25, -0.2) is 4.98 Å². The number of thiazole rings is 1. The molecule has 0 unspecified atom stereocenters. The molecule has 5 heteroatoms. The third kappa shape index (κ3) is 4.30. The maximum absolute atomic E-state index is 8.60. The molecule has 80 valence electrons. The first kappa shape index (κ1) is 11.8. The molecule has 0 atom stereocenters. The van der Waals surface area contributed by atoms with E-state index in [9.17, 15) is 0 Å². The molecule has 0 spiro atoms. The highest BCUT2D eigenvalue weighted by molar-refractivity contribution is 7.98. The zero-order chi connectivity index (χ0) is 10.2. The van der Waals surface area contributed by atoms with Gasteiger partial charge in [0.2, 0.25) is 0 Å². The Balaban J connectivity index is 2.22. The van der Waals surface area contributed by atoms with Crippen molar-refractivity contribution in [2.24, 2.45) is 0 Å². The fourth-order valence-corrected chi connectivity index (χ4v) is 2.86. The van der Waals surface area contributed by atoms with E-state index in [0.717, 1.165) is 29.6 Å². The van der Waals surface area contributed by atoms with Gasteiger partial charge in [-0.05, 0) is 19.1 Å². The smallest absolute Gasteiger partial charge is 0.182 e. The Morgan fingerprint density at radius 1 is 1.64 bits per heavy atom. The summed E-state index contributed by atoms with van der Waals surface area (Å²) in [5.74, 6) is 2.02. The number of nitrogens with one attached hydrogen (secondary N) is 1. The highest BCUT2D eigenvalue weighted by atomic mass is 32.2. The van der Waals surface area contributed by atoms with Gasteiger partial charge in [-0.2, -0.15) is 11.8 Å². The summed E-state index contributed by atoms with van der Waals surface area (Å²) in [6, 6.07) is 0. The molecule has 1 heterocycles. The molecule has 0 aromatic carbocycles. The van der Waals surface area contributed by atoms with Crippen molar-refractivity contribution in [2.45, 2.75) is 19.1 Å². The van der Waals surface area contributed by atoms with Crippen LogP contribution in [0.2, 0.25) is 0 Å². The first-order valence-electron chi connectivity index (χ1n) is 4.74. The number of aliphatic hydroxyl groups excluding tert-OH is 1. The maximum Gasteiger partial charge on any atom is 0.182 e. The van der Waals surface area contributed by atoms with Crippen molar-refractivity contribution in [1.29, 1.82) is 0 Å². The van der Waals surface area contributed by atoms with Crippen LogP contribution in [0.1, 0.15) is 18.2 Å².